The van der Waals surface area contributed by atoms with E-state index in [-0.39, 0.29) is 23.5 Å². The van der Waals surface area contributed by atoms with Gasteiger partial charge in [0.1, 0.15) is 53.6 Å². The molecule has 45 heavy (non-hydrogen) atoms. The van der Waals surface area contributed by atoms with Crippen LogP contribution in [0.1, 0.15) is 18.9 Å². The summed E-state index contributed by atoms with van der Waals surface area (Å²) in [6.07, 6.45) is -1.84. The lowest BCUT2D eigenvalue weighted by molar-refractivity contribution is -0.0534. The van der Waals surface area contributed by atoms with Gasteiger partial charge in [-0.2, -0.15) is 9.88 Å². The molecule has 0 aliphatic carbocycles. The third-order valence-electron chi connectivity index (χ3n) is 7.08. The van der Waals surface area contributed by atoms with Gasteiger partial charge in [-0.1, -0.05) is 0 Å². The molecule has 6 heterocycles. The average molecular weight is 687 g/mol. The number of phosphoric ester groups is 1. The van der Waals surface area contributed by atoms with Crippen molar-refractivity contribution in [2.24, 2.45) is 0 Å². The van der Waals surface area contributed by atoms with Gasteiger partial charge in [0.05, 0.1) is 19.3 Å². The average Bonchev–Trinajstić information content (AvgIpc) is 3.76. The number of nitrogens with zero attached hydrogens (tertiary/aromatic N) is 7. The van der Waals surface area contributed by atoms with Crippen molar-refractivity contribution in [3.05, 3.63) is 41.2 Å². The van der Waals surface area contributed by atoms with Gasteiger partial charge in [0.15, 0.2) is 28.9 Å². The van der Waals surface area contributed by atoms with Crippen LogP contribution in [-0.4, -0.2) is 102 Å². The first kappa shape index (κ1) is 31.8. The van der Waals surface area contributed by atoms with Crippen molar-refractivity contribution in [2.45, 2.75) is 54.4 Å². The van der Waals surface area contributed by atoms with Gasteiger partial charge in [0, 0.05) is 6.42 Å². The first-order chi connectivity index (χ1) is 21.5. The molecule has 9 atom stereocenters. The molecule has 7 N–H and O–H groups in total. The molecule has 0 bridgehead atoms. The van der Waals surface area contributed by atoms with Gasteiger partial charge in [0.25, 0.3) is 5.56 Å². The summed E-state index contributed by atoms with van der Waals surface area (Å²) in [7, 11) is -7.63. The van der Waals surface area contributed by atoms with Crippen LogP contribution in [0.2, 0.25) is 0 Å². The molecule has 2 saturated heterocycles. The van der Waals surface area contributed by atoms with Gasteiger partial charge in [0.2, 0.25) is 5.95 Å². The van der Waals surface area contributed by atoms with E-state index in [2.05, 4.69) is 29.9 Å². The summed E-state index contributed by atoms with van der Waals surface area (Å²) in [6.45, 7) is -0.668. The number of aliphatic hydroxyl groups is 2. The topological polar surface area (TPSA) is 285 Å². The van der Waals surface area contributed by atoms with Crippen LogP contribution in [0.25, 0.3) is 22.3 Å². The lowest BCUT2D eigenvalue weighted by Crippen LogP contribution is -2.33. The molecule has 2 fully saturated rings. The van der Waals surface area contributed by atoms with Crippen LogP contribution >= 0.6 is 27.6 Å². The lowest BCUT2D eigenvalue weighted by atomic mass is 10.1. The highest BCUT2D eigenvalue weighted by atomic mass is 32.2. The maximum Gasteiger partial charge on any atom is 0.537 e. The molecule has 3 unspecified atom stereocenters. The number of nitrogens with one attached hydrogen (secondary N) is 1. The molecular formula is C22H26N9O11P2S+. The van der Waals surface area contributed by atoms with Crippen molar-refractivity contribution in [2.75, 3.05) is 18.6 Å². The zero-order chi connectivity index (χ0) is 32.0. The number of rotatable bonds is 10. The molecule has 4 aromatic heterocycles. The summed E-state index contributed by atoms with van der Waals surface area (Å²) in [6, 6.07) is 0. The van der Waals surface area contributed by atoms with E-state index < -0.39 is 71.0 Å². The number of fused-ring (bicyclic) bond motifs is 2. The number of H-pyrrole nitrogens is 1. The van der Waals surface area contributed by atoms with Crippen molar-refractivity contribution < 1.29 is 47.7 Å². The fourth-order valence-corrected chi connectivity index (χ4v) is 6.80. The van der Waals surface area contributed by atoms with Crippen molar-refractivity contribution in [3.8, 4) is 0 Å². The lowest BCUT2D eigenvalue weighted by Gasteiger charge is -2.21. The number of aromatic amines is 1. The molecule has 2 aliphatic heterocycles. The number of ether oxygens (including phenoxy) is 2. The zero-order valence-corrected chi connectivity index (χ0v) is 25.6. The molecule has 240 valence electrons. The molecule has 0 radical (unpaired) electrons. The molecule has 0 saturated carbocycles. The van der Waals surface area contributed by atoms with Gasteiger partial charge in [-0.15, -0.1) is 11.8 Å². The Morgan fingerprint density at radius 2 is 1.93 bits per heavy atom. The van der Waals surface area contributed by atoms with Gasteiger partial charge in [-0.05, 0) is 16.9 Å². The van der Waals surface area contributed by atoms with E-state index >= 15 is 0 Å². The van der Waals surface area contributed by atoms with Crippen molar-refractivity contribution in [1.82, 2.24) is 39.0 Å². The van der Waals surface area contributed by atoms with E-state index in [1.54, 1.807) is 0 Å². The monoisotopic (exact) mass is 686 g/mol. The van der Waals surface area contributed by atoms with Gasteiger partial charge in [-0.3, -0.25) is 28.0 Å². The maximum absolute atomic E-state index is 13.0. The minimum atomic E-state index is -4.90. The molecule has 0 spiro atoms. The Morgan fingerprint density at radius 1 is 1.18 bits per heavy atom. The Labute approximate surface area is 256 Å². The number of nitrogens with two attached hydrogens (primary N) is 1. The second kappa shape index (κ2) is 12.5. The van der Waals surface area contributed by atoms with Crippen molar-refractivity contribution in [3.63, 3.8) is 0 Å². The summed E-state index contributed by atoms with van der Waals surface area (Å²) in [4.78, 5) is 55.0. The number of hydrogen-bond acceptors (Lipinski definition) is 16. The van der Waals surface area contributed by atoms with Crippen LogP contribution in [0.3, 0.4) is 0 Å². The standard InChI is InChI=1S/C22H25N9O11P2S/c1-45-20-14-17(24-6-25-20)31(8-27-14)21-16(33)15(32)11(41-21)5-39-44(37,38)42-10-4-12(40-9(10)2-3-43(35)36)30-7-26-13-18(30)28-22(23)29-19(13)34/h2-3,6-12,15-16,21,32-33H,4-5H2,1H3,(H4-,23,28,29,34,35,36,37,38)/p+1/b3-2-/t9?,10-,11+,12+,15+,16+,21+/m0/s1. The molecular weight excluding hydrogens is 660 g/mol. The van der Waals surface area contributed by atoms with Crippen molar-refractivity contribution >= 4 is 55.9 Å². The predicted octanol–water partition coefficient (Wildman–Crippen LogP) is -0.0791. The fraction of sp³-hybridized carbons (Fsp3) is 0.455. The SMILES string of the molecule is CSc1ncnc2c1ncn2[C@@H]1O[C@H](COP(=O)(O)O[C@H]2C[C@H](n3cnc4c(=O)[nH]c(N)nc43)OC2/C=C\[P+](=O)O)[C@@H](O)[C@H]1O. The van der Waals surface area contributed by atoms with Crippen LogP contribution in [0.5, 0.6) is 0 Å². The number of thioether (sulfide) groups is 1. The van der Waals surface area contributed by atoms with Crippen LogP contribution < -0.4 is 11.3 Å². The number of hydrogen-bond donors (Lipinski definition) is 6. The van der Waals surface area contributed by atoms with E-state index in [0.717, 1.165) is 5.82 Å². The quantitative estimate of drug-likeness (QED) is 0.0722. The number of anilines is 1. The number of aromatic nitrogens is 8. The summed E-state index contributed by atoms with van der Waals surface area (Å²) in [5.41, 5.74) is 5.92. The third-order valence-corrected chi connectivity index (χ3v) is 9.20. The Bertz CT molecular complexity index is 1890. The van der Waals surface area contributed by atoms with E-state index in [1.165, 1.54) is 46.0 Å². The van der Waals surface area contributed by atoms with Crippen LogP contribution in [0, 0.1) is 0 Å². The minimum Gasteiger partial charge on any atom is -0.387 e. The Balaban J connectivity index is 1.16. The van der Waals surface area contributed by atoms with Gasteiger partial charge >= 0.3 is 15.9 Å². The molecule has 0 aromatic carbocycles. The second-order valence-electron chi connectivity index (χ2n) is 9.87. The Morgan fingerprint density at radius 3 is 2.69 bits per heavy atom. The summed E-state index contributed by atoms with van der Waals surface area (Å²) >= 11 is 1.35. The smallest absolute Gasteiger partial charge is 0.387 e. The summed E-state index contributed by atoms with van der Waals surface area (Å²) in [5.74, 6) is 0.747. The number of aliphatic hydroxyl groups excluding tert-OH is 2. The maximum atomic E-state index is 13.0. The highest BCUT2D eigenvalue weighted by molar-refractivity contribution is 7.98. The van der Waals surface area contributed by atoms with Gasteiger partial charge in [-0.25, -0.2) is 24.5 Å². The molecule has 23 heteroatoms. The number of nitrogen functional groups attached to an aromatic ring is 1. The number of imidazole rings is 2. The molecule has 0 amide bonds. The fourth-order valence-electron chi connectivity index (χ4n) is 5.05. The molecule has 4 aromatic rings. The molecule has 20 nitrogen and oxygen atoms in total. The molecule has 2 aliphatic rings. The highest BCUT2D eigenvalue weighted by Crippen LogP contribution is 2.49. The Hall–Kier alpha value is -3.20. The normalized spacial score (nSPS) is 28.8. The largest absolute Gasteiger partial charge is 0.537 e. The predicted molar refractivity (Wildman–Crippen MR) is 154 cm³/mol. The van der Waals surface area contributed by atoms with Crippen LogP contribution in [0.4, 0.5) is 5.95 Å². The van der Waals surface area contributed by atoms with E-state index in [1.807, 2.05) is 6.26 Å². The van der Waals surface area contributed by atoms with E-state index in [4.69, 9.17) is 24.3 Å². The highest BCUT2D eigenvalue weighted by Gasteiger charge is 2.47. The zero-order valence-electron chi connectivity index (χ0n) is 23.0. The van der Waals surface area contributed by atoms with Gasteiger partial charge < -0.3 is 30.3 Å². The third kappa shape index (κ3) is 6.29. The summed E-state index contributed by atoms with van der Waals surface area (Å²) < 4.78 is 49.3. The van der Waals surface area contributed by atoms with Crippen molar-refractivity contribution in [1.29, 1.82) is 0 Å². The minimum absolute atomic E-state index is 0.0321. The number of phosphoric acid groups is 1. The van der Waals surface area contributed by atoms with Crippen LogP contribution in [0.15, 0.2) is 40.7 Å². The Kier molecular flexibility index (Phi) is 8.85. The van der Waals surface area contributed by atoms with E-state index in [0.29, 0.717) is 16.2 Å². The molecule has 6 rings (SSSR count). The second-order valence-corrected chi connectivity index (χ2v) is 13.0. The first-order valence-corrected chi connectivity index (χ1v) is 17.1. The summed E-state index contributed by atoms with van der Waals surface area (Å²) in [5, 5.41) is 22.0. The first-order valence-electron chi connectivity index (χ1n) is 13.1. The van der Waals surface area contributed by atoms with E-state index in [9.17, 15) is 33.9 Å². The van der Waals surface area contributed by atoms with Crippen LogP contribution in [-0.2, 0) is 27.7 Å².